The Labute approximate surface area is 176 Å². The number of amides is 1. The number of nitrogens with one attached hydrogen (secondary N) is 1. The van der Waals surface area contributed by atoms with Gasteiger partial charge in [-0.15, -0.1) is 0 Å². The smallest absolute Gasteiger partial charge is 0.243 e. The van der Waals surface area contributed by atoms with Crippen molar-refractivity contribution in [1.29, 1.82) is 0 Å². The highest BCUT2D eigenvalue weighted by molar-refractivity contribution is 7.89. The summed E-state index contributed by atoms with van der Waals surface area (Å²) in [5.41, 5.74) is 5.21. The van der Waals surface area contributed by atoms with Crippen LogP contribution in [-0.2, 0) is 23.1 Å². The van der Waals surface area contributed by atoms with E-state index >= 15 is 0 Å². The van der Waals surface area contributed by atoms with Crippen molar-refractivity contribution >= 4 is 15.9 Å². The third-order valence-electron chi connectivity index (χ3n) is 4.81. The van der Waals surface area contributed by atoms with Crippen molar-refractivity contribution in [2.24, 2.45) is 0 Å². The summed E-state index contributed by atoms with van der Waals surface area (Å²) in [5.74, 6) is -0.731. The molecule has 0 aliphatic heterocycles. The number of carbonyl (C=O) groups excluding carboxylic acids is 1. The molecule has 3 aromatic carbocycles. The molecule has 1 amide bonds. The number of hydrogen-bond acceptors (Lipinski definition) is 4. The monoisotopic (exact) mass is 423 g/mol. The van der Waals surface area contributed by atoms with E-state index < -0.39 is 15.9 Å². The van der Waals surface area contributed by atoms with Gasteiger partial charge < -0.3 is 10.7 Å². The molecule has 6 nitrogen and oxygen atoms in total. The Kier molecular flexibility index (Phi) is 6.66. The van der Waals surface area contributed by atoms with E-state index in [1.54, 1.807) is 36.4 Å². The molecule has 0 atom stereocenters. The first kappa shape index (κ1) is 21.7. The second-order valence-corrected chi connectivity index (χ2v) is 9.14. The molecule has 7 heteroatoms. The summed E-state index contributed by atoms with van der Waals surface area (Å²) in [7, 11) is -3.75. The third-order valence-corrected chi connectivity index (χ3v) is 6.61. The van der Waals surface area contributed by atoms with Gasteiger partial charge in [0.25, 0.3) is 0 Å². The van der Waals surface area contributed by atoms with E-state index in [0.29, 0.717) is 5.56 Å². The van der Waals surface area contributed by atoms with Crippen LogP contribution in [0.3, 0.4) is 0 Å². The average Bonchev–Trinajstić information content (AvgIpc) is 2.75. The van der Waals surface area contributed by atoms with Gasteiger partial charge in [0, 0.05) is 18.7 Å². The number of sulfonamides is 1. The fourth-order valence-electron chi connectivity index (χ4n) is 3.01. The van der Waals surface area contributed by atoms with Gasteiger partial charge in [-0.2, -0.15) is 4.31 Å². The molecule has 0 radical (unpaired) electrons. The van der Waals surface area contributed by atoms with Crippen molar-refractivity contribution in [2.75, 3.05) is 0 Å². The maximum atomic E-state index is 13.4. The van der Waals surface area contributed by atoms with Crippen LogP contribution in [0.2, 0.25) is 0 Å². The van der Waals surface area contributed by atoms with Gasteiger partial charge in [-0.05, 0) is 49.2 Å². The maximum Gasteiger partial charge on any atom is 0.243 e. The van der Waals surface area contributed by atoms with Gasteiger partial charge in [-0.25, -0.2) is 8.42 Å². The fourth-order valence-corrected chi connectivity index (χ4v) is 4.42. The second kappa shape index (κ2) is 9.21. The molecule has 3 rings (SSSR count). The van der Waals surface area contributed by atoms with E-state index in [1.807, 2.05) is 38.1 Å². The van der Waals surface area contributed by atoms with Crippen LogP contribution in [0.4, 0.5) is 0 Å². The number of hydrogen-bond donors (Lipinski definition) is 1. The molecule has 0 fully saturated rings. The number of carbonyl (C=O) groups is 1. The van der Waals surface area contributed by atoms with Gasteiger partial charge in [0.2, 0.25) is 15.9 Å². The van der Waals surface area contributed by atoms with Gasteiger partial charge in [0.1, 0.15) is 0 Å². The number of rotatable bonds is 7. The van der Waals surface area contributed by atoms with Crippen LogP contribution >= 0.6 is 0 Å². The lowest BCUT2D eigenvalue weighted by Gasteiger charge is -2.23. The SMILES string of the molecule is Cc1ccc(CN(Cc2ccc(C(=O)N[O-])cc2)S(=O)(=O)c2ccc(C)cc2)cc1. The lowest BCUT2D eigenvalue weighted by molar-refractivity contribution is 0.0970. The average molecular weight is 424 g/mol. The van der Waals surface area contributed by atoms with E-state index in [9.17, 15) is 18.4 Å². The molecule has 0 saturated carbocycles. The van der Waals surface area contributed by atoms with Crippen LogP contribution in [-0.4, -0.2) is 18.6 Å². The highest BCUT2D eigenvalue weighted by Crippen LogP contribution is 2.22. The molecule has 0 aliphatic carbocycles. The van der Waals surface area contributed by atoms with E-state index in [4.69, 9.17) is 0 Å². The van der Waals surface area contributed by atoms with Crippen LogP contribution in [0.15, 0.2) is 77.7 Å². The van der Waals surface area contributed by atoms with Crippen LogP contribution in [0.1, 0.15) is 32.6 Å². The first-order valence-corrected chi connectivity index (χ1v) is 10.9. The lowest BCUT2D eigenvalue weighted by Crippen LogP contribution is -2.30. The second-order valence-electron chi connectivity index (χ2n) is 7.20. The Morgan fingerprint density at radius 3 is 1.70 bits per heavy atom. The summed E-state index contributed by atoms with van der Waals surface area (Å²) in [6.45, 7) is 4.22. The largest absolute Gasteiger partial charge is 0.759 e. The van der Waals surface area contributed by atoms with Crippen LogP contribution < -0.4 is 5.48 Å². The van der Waals surface area contributed by atoms with Crippen molar-refractivity contribution in [3.05, 3.63) is 106 Å². The number of nitrogens with zero attached hydrogens (tertiary/aromatic N) is 1. The molecular formula is C23H23N2O4S-. The number of hydroxylamine groups is 1. The summed E-state index contributed by atoms with van der Waals surface area (Å²) in [5, 5.41) is 10.5. The van der Waals surface area contributed by atoms with E-state index in [-0.39, 0.29) is 23.5 Å². The topological polar surface area (TPSA) is 89.5 Å². The molecule has 0 spiro atoms. The minimum Gasteiger partial charge on any atom is -0.759 e. The van der Waals surface area contributed by atoms with Gasteiger partial charge in [-0.3, -0.25) is 4.79 Å². The Balaban J connectivity index is 1.93. The summed E-state index contributed by atoms with van der Waals surface area (Å²) in [6.07, 6.45) is 0. The zero-order valence-corrected chi connectivity index (χ0v) is 17.6. The van der Waals surface area contributed by atoms with Crippen LogP contribution in [0, 0.1) is 19.1 Å². The Morgan fingerprint density at radius 1 is 0.800 bits per heavy atom. The molecule has 30 heavy (non-hydrogen) atoms. The summed E-state index contributed by atoms with van der Waals surface area (Å²) in [6, 6.07) is 20.8. The van der Waals surface area contributed by atoms with Gasteiger partial charge in [0.15, 0.2) is 0 Å². The summed E-state index contributed by atoms with van der Waals surface area (Å²) >= 11 is 0. The Bertz CT molecular complexity index is 1110. The van der Waals surface area contributed by atoms with Gasteiger partial charge >= 0.3 is 0 Å². The molecule has 0 bridgehead atoms. The Morgan fingerprint density at radius 2 is 1.23 bits per heavy atom. The quantitative estimate of drug-likeness (QED) is 0.583. The minimum absolute atomic E-state index is 0.128. The third kappa shape index (κ3) is 5.13. The Hall–Kier alpha value is -3.00. The van der Waals surface area contributed by atoms with Crippen LogP contribution in [0.5, 0.6) is 0 Å². The van der Waals surface area contributed by atoms with Crippen LogP contribution in [0.25, 0.3) is 0 Å². The molecule has 3 aromatic rings. The molecule has 0 aromatic heterocycles. The van der Waals surface area contributed by atoms with E-state index in [0.717, 1.165) is 16.7 Å². The minimum atomic E-state index is -3.75. The maximum absolute atomic E-state index is 13.4. The van der Waals surface area contributed by atoms with Crippen molar-refractivity contribution < 1.29 is 13.2 Å². The van der Waals surface area contributed by atoms with Gasteiger partial charge in [0.05, 0.1) is 4.90 Å². The van der Waals surface area contributed by atoms with Crippen molar-refractivity contribution in [3.63, 3.8) is 0 Å². The standard InChI is InChI=1S/C23H23N2O4S/c1-17-3-7-19(8-4-17)15-25(30(28,29)22-13-5-18(2)6-14-22)16-20-9-11-21(12-10-20)23(26)24-27/h3-14H,15-16H2,1-2H3,(H-,24,26,27)/q-1. The lowest BCUT2D eigenvalue weighted by atomic mass is 10.1. The first-order valence-electron chi connectivity index (χ1n) is 9.43. The summed E-state index contributed by atoms with van der Waals surface area (Å²) < 4.78 is 28.1. The molecule has 1 N–H and O–H groups in total. The number of aryl methyl sites for hydroxylation is 2. The van der Waals surface area contributed by atoms with Crippen molar-refractivity contribution in [2.45, 2.75) is 31.8 Å². The van der Waals surface area contributed by atoms with Gasteiger partial charge in [-0.1, -0.05) is 59.7 Å². The molecule has 156 valence electrons. The highest BCUT2D eigenvalue weighted by Gasteiger charge is 2.25. The van der Waals surface area contributed by atoms with E-state index in [2.05, 4.69) is 0 Å². The van der Waals surface area contributed by atoms with E-state index in [1.165, 1.54) is 21.9 Å². The first-order chi connectivity index (χ1) is 14.3. The van der Waals surface area contributed by atoms with Crippen molar-refractivity contribution in [3.8, 4) is 0 Å². The zero-order chi connectivity index (χ0) is 21.7. The fraction of sp³-hybridized carbons (Fsp3) is 0.174. The molecule has 0 unspecified atom stereocenters. The molecule has 0 heterocycles. The number of benzene rings is 3. The predicted molar refractivity (Wildman–Crippen MR) is 116 cm³/mol. The van der Waals surface area contributed by atoms with Crippen molar-refractivity contribution in [1.82, 2.24) is 9.79 Å². The summed E-state index contributed by atoms with van der Waals surface area (Å²) in [4.78, 5) is 11.7. The molecular weight excluding hydrogens is 400 g/mol. The molecule has 0 saturated heterocycles. The predicted octanol–water partition coefficient (Wildman–Crippen LogP) is 3.92. The normalized spacial score (nSPS) is 11.5. The zero-order valence-electron chi connectivity index (χ0n) is 16.8. The molecule has 0 aliphatic rings. The highest BCUT2D eigenvalue weighted by atomic mass is 32.2.